The Kier molecular flexibility index (Phi) is 6.69. The fourth-order valence-electron chi connectivity index (χ4n) is 2.75. The van der Waals surface area contributed by atoms with Crippen LogP contribution in [0.1, 0.15) is 46.5 Å². The normalized spacial score (nSPS) is 21.1. The molecule has 1 amide bonds. The number of ether oxygens (including phenoxy) is 1. The fraction of sp³-hybridized carbons (Fsp3) is 0.588. The number of rotatable bonds is 4. The molecule has 0 saturated heterocycles. The van der Waals surface area contributed by atoms with Gasteiger partial charge in [0.15, 0.2) is 0 Å². The highest BCUT2D eigenvalue weighted by atomic mass is 35.5. The topological polar surface area (TPSA) is 64.3 Å². The van der Waals surface area contributed by atoms with Crippen molar-refractivity contribution >= 4 is 24.0 Å². The molecule has 0 aromatic heterocycles. The molecule has 1 aromatic rings. The van der Waals surface area contributed by atoms with Crippen LogP contribution in [0.2, 0.25) is 0 Å². The first-order valence-electron chi connectivity index (χ1n) is 7.68. The second kappa shape index (κ2) is 7.84. The second-order valence-corrected chi connectivity index (χ2v) is 6.82. The Bertz CT molecular complexity index is 500. The summed E-state index contributed by atoms with van der Waals surface area (Å²) in [4.78, 5) is 12.2. The summed E-state index contributed by atoms with van der Waals surface area (Å²) in [6, 6.07) is 7.71. The van der Waals surface area contributed by atoms with Crippen LogP contribution >= 0.6 is 12.4 Å². The third-order valence-electron chi connectivity index (χ3n) is 3.74. The second-order valence-electron chi connectivity index (χ2n) is 6.82. The molecule has 1 aliphatic rings. The number of carbonyl (C=O) groups excluding carboxylic acids is 1. The van der Waals surface area contributed by atoms with Crippen LogP contribution in [0.25, 0.3) is 0 Å². The van der Waals surface area contributed by atoms with Gasteiger partial charge in [0.2, 0.25) is 5.91 Å². The van der Waals surface area contributed by atoms with Gasteiger partial charge in [-0.2, -0.15) is 0 Å². The third kappa shape index (κ3) is 5.50. The van der Waals surface area contributed by atoms with Gasteiger partial charge < -0.3 is 15.8 Å². The molecular weight excluding hydrogens is 300 g/mol. The standard InChI is InChI=1S/C17H26N2O2.ClH/c1-17(2,3)21-15-10-5-4-9-14(15)19-16(20)11-12-7-6-8-13(12)18;/h4-5,9-10,12-13H,6-8,11,18H2,1-3H3,(H,19,20);1H/t12-,13+;/m0./s1. The van der Waals surface area contributed by atoms with Crippen molar-refractivity contribution in [1.82, 2.24) is 0 Å². The lowest BCUT2D eigenvalue weighted by molar-refractivity contribution is -0.117. The van der Waals surface area contributed by atoms with Gasteiger partial charge >= 0.3 is 0 Å². The van der Waals surface area contributed by atoms with E-state index in [2.05, 4.69) is 5.32 Å². The lowest BCUT2D eigenvalue weighted by atomic mass is 10.00. The van der Waals surface area contributed by atoms with Crippen molar-refractivity contribution in [2.75, 3.05) is 5.32 Å². The van der Waals surface area contributed by atoms with Crippen LogP contribution in [0, 0.1) is 5.92 Å². The van der Waals surface area contributed by atoms with Crippen LogP contribution in [0.4, 0.5) is 5.69 Å². The van der Waals surface area contributed by atoms with E-state index in [1.54, 1.807) is 0 Å². The first-order valence-corrected chi connectivity index (χ1v) is 7.68. The van der Waals surface area contributed by atoms with Gasteiger partial charge in [-0.1, -0.05) is 18.6 Å². The first-order chi connectivity index (χ1) is 9.85. The summed E-state index contributed by atoms with van der Waals surface area (Å²) < 4.78 is 5.89. The average molecular weight is 327 g/mol. The molecular formula is C17H27ClN2O2. The molecule has 5 heteroatoms. The average Bonchev–Trinajstić information content (AvgIpc) is 2.76. The quantitative estimate of drug-likeness (QED) is 0.885. The summed E-state index contributed by atoms with van der Waals surface area (Å²) in [7, 11) is 0. The highest BCUT2D eigenvalue weighted by molar-refractivity contribution is 5.92. The molecule has 0 bridgehead atoms. The molecule has 0 heterocycles. The van der Waals surface area contributed by atoms with Crippen molar-refractivity contribution < 1.29 is 9.53 Å². The van der Waals surface area contributed by atoms with Crippen LogP contribution < -0.4 is 15.8 Å². The van der Waals surface area contributed by atoms with Gasteiger partial charge in [-0.15, -0.1) is 12.4 Å². The zero-order valence-electron chi connectivity index (χ0n) is 13.6. The van der Waals surface area contributed by atoms with Gasteiger partial charge in [-0.25, -0.2) is 0 Å². The lowest BCUT2D eigenvalue weighted by Crippen LogP contribution is -2.28. The maximum atomic E-state index is 12.2. The molecule has 4 nitrogen and oxygen atoms in total. The largest absolute Gasteiger partial charge is 0.486 e. The number of hydrogen-bond acceptors (Lipinski definition) is 3. The highest BCUT2D eigenvalue weighted by Gasteiger charge is 2.26. The molecule has 0 spiro atoms. The molecule has 124 valence electrons. The number of anilines is 1. The molecule has 1 aromatic carbocycles. The Hall–Kier alpha value is -1.26. The Morgan fingerprint density at radius 3 is 2.59 bits per heavy atom. The number of amides is 1. The number of hydrogen-bond donors (Lipinski definition) is 2. The predicted octanol–water partition coefficient (Wildman–Crippen LogP) is 3.74. The number of para-hydroxylation sites is 2. The van der Waals surface area contributed by atoms with E-state index in [1.165, 1.54) is 0 Å². The van der Waals surface area contributed by atoms with Crippen molar-refractivity contribution in [2.45, 2.75) is 58.1 Å². The zero-order chi connectivity index (χ0) is 15.5. The minimum absolute atomic E-state index is 0. The summed E-state index contributed by atoms with van der Waals surface area (Å²) in [5.41, 5.74) is 6.46. The summed E-state index contributed by atoms with van der Waals surface area (Å²) in [6.07, 6.45) is 3.70. The summed E-state index contributed by atoms with van der Waals surface area (Å²) in [5.74, 6) is 1.03. The molecule has 22 heavy (non-hydrogen) atoms. The van der Waals surface area contributed by atoms with E-state index in [0.29, 0.717) is 18.1 Å². The van der Waals surface area contributed by atoms with E-state index in [9.17, 15) is 4.79 Å². The van der Waals surface area contributed by atoms with Crippen LogP contribution in [-0.4, -0.2) is 17.6 Å². The maximum absolute atomic E-state index is 12.2. The molecule has 0 radical (unpaired) electrons. The number of nitrogens with two attached hydrogens (primary N) is 1. The van der Waals surface area contributed by atoms with Crippen molar-refractivity contribution in [3.8, 4) is 5.75 Å². The van der Waals surface area contributed by atoms with Crippen LogP contribution in [-0.2, 0) is 4.79 Å². The highest BCUT2D eigenvalue weighted by Crippen LogP contribution is 2.30. The molecule has 1 saturated carbocycles. The van der Waals surface area contributed by atoms with Gasteiger partial charge in [0.25, 0.3) is 0 Å². The molecule has 1 aliphatic carbocycles. The number of carbonyl (C=O) groups is 1. The summed E-state index contributed by atoms with van der Waals surface area (Å²) >= 11 is 0. The van der Waals surface area contributed by atoms with Gasteiger partial charge in [-0.05, 0) is 51.7 Å². The zero-order valence-corrected chi connectivity index (χ0v) is 14.4. The van der Waals surface area contributed by atoms with Gasteiger partial charge in [0, 0.05) is 12.5 Å². The molecule has 2 atom stereocenters. The van der Waals surface area contributed by atoms with Crippen LogP contribution in [0.5, 0.6) is 5.75 Å². The Labute approximate surface area is 139 Å². The van der Waals surface area contributed by atoms with E-state index in [4.69, 9.17) is 10.5 Å². The summed E-state index contributed by atoms with van der Waals surface area (Å²) in [5, 5.41) is 2.96. The smallest absolute Gasteiger partial charge is 0.224 e. The van der Waals surface area contributed by atoms with Crippen molar-refractivity contribution in [3.05, 3.63) is 24.3 Å². The molecule has 0 unspecified atom stereocenters. The van der Waals surface area contributed by atoms with Gasteiger partial charge in [-0.3, -0.25) is 4.79 Å². The van der Waals surface area contributed by atoms with E-state index in [1.807, 2.05) is 45.0 Å². The third-order valence-corrected chi connectivity index (χ3v) is 3.74. The van der Waals surface area contributed by atoms with Crippen LogP contribution in [0.15, 0.2) is 24.3 Å². The van der Waals surface area contributed by atoms with E-state index in [-0.39, 0.29) is 30.0 Å². The maximum Gasteiger partial charge on any atom is 0.224 e. The molecule has 2 rings (SSSR count). The van der Waals surface area contributed by atoms with E-state index >= 15 is 0 Å². The fourth-order valence-corrected chi connectivity index (χ4v) is 2.75. The van der Waals surface area contributed by atoms with E-state index < -0.39 is 0 Å². The minimum Gasteiger partial charge on any atom is -0.486 e. The number of nitrogens with one attached hydrogen (secondary N) is 1. The van der Waals surface area contributed by atoms with Crippen molar-refractivity contribution in [1.29, 1.82) is 0 Å². The first kappa shape index (κ1) is 18.8. The molecule has 0 aliphatic heterocycles. The van der Waals surface area contributed by atoms with Crippen LogP contribution in [0.3, 0.4) is 0 Å². The molecule has 1 fully saturated rings. The molecule has 3 N–H and O–H groups in total. The Morgan fingerprint density at radius 2 is 2.00 bits per heavy atom. The Balaban J connectivity index is 0.00000242. The summed E-state index contributed by atoms with van der Waals surface area (Å²) in [6.45, 7) is 5.97. The van der Waals surface area contributed by atoms with E-state index in [0.717, 1.165) is 24.9 Å². The minimum atomic E-state index is -0.297. The number of halogens is 1. The van der Waals surface area contributed by atoms with Gasteiger partial charge in [0.05, 0.1) is 5.69 Å². The monoisotopic (exact) mass is 326 g/mol. The SMILES string of the molecule is CC(C)(C)Oc1ccccc1NC(=O)C[C@@H]1CCC[C@H]1N.Cl. The lowest BCUT2D eigenvalue weighted by Gasteiger charge is -2.23. The van der Waals surface area contributed by atoms with Crippen molar-refractivity contribution in [3.63, 3.8) is 0 Å². The van der Waals surface area contributed by atoms with Gasteiger partial charge in [0.1, 0.15) is 11.4 Å². The Morgan fingerprint density at radius 1 is 1.32 bits per heavy atom. The predicted molar refractivity (Wildman–Crippen MR) is 92.6 cm³/mol. The number of benzene rings is 1. The van der Waals surface area contributed by atoms with Crippen molar-refractivity contribution in [2.24, 2.45) is 11.7 Å².